The fourth-order valence-electron chi connectivity index (χ4n) is 3.48. The van der Waals surface area contributed by atoms with E-state index in [4.69, 9.17) is 4.42 Å². The molecule has 0 amide bonds. The van der Waals surface area contributed by atoms with Gasteiger partial charge in [-0.1, -0.05) is 60.6 Å². The first-order valence-electron chi connectivity index (χ1n) is 8.36. The number of hydrogen-bond acceptors (Lipinski definition) is 2. The molecule has 0 aliphatic carbocycles. The van der Waals surface area contributed by atoms with Crippen LogP contribution in [0.15, 0.2) is 75.9 Å². The van der Waals surface area contributed by atoms with Gasteiger partial charge in [-0.3, -0.25) is 4.79 Å². The van der Waals surface area contributed by atoms with Gasteiger partial charge >= 0.3 is 0 Å². The third kappa shape index (κ3) is 2.09. The normalized spacial score (nSPS) is 13.6. The summed E-state index contributed by atoms with van der Waals surface area (Å²) in [6, 6.07) is 21.9. The Morgan fingerprint density at radius 3 is 2.42 bits per heavy atom. The second kappa shape index (κ2) is 5.10. The zero-order valence-electron chi connectivity index (χ0n) is 13.2. The van der Waals surface area contributed by atoms with Gasteiger partial charge in [-0.05, 0) is 35.4 Å². The molecule has 1 aromatic heterocycles. The lowest BCUT2D eigenvalue weighted by Crippen LogP contribution is -2.17. The predicted octanol–water partition coefficient (Wildman–Crippen LogP) is 4.33. The van der Waals surface area contributed by atoms with Crippen LogP contribution in [0.2, 0.25) is 12.6 Å². The van der Waals surface area contributed by atoms with Crippen LogP contribution >= 0.6 is 0 Å². The van der Waals surface area contributed by atoms with Gasteiger partial charge in [0.25, 0.3) is 0 Å². The summed E-state index contributed by atoms with van der Waals surface area (Å²) in [4.78, 5) is 12.7. The summed E-state index contributed by atoms with van der Waals surface area (Å²) in [5.41, 5.74) is 5.10. The molecule has 1 aliphatic rings. The average molecular weight is 310 g/mol. The molecule has 1 aliphatic heterocycles. The molecule has 0 atom stereocenters. The Balaban J connectivity index is 1.77. The molecule has 0 spiro atoms. The van der Waals surface area contributed by atoms with Gasteiger partial charge in [-0.15, -0.1) is 0 Å². The van der Waals surface area contributed by atoms with Crippen LogP contribution in [0, 0.1) is 0 Å². The van der Waals surface area contributed by atoms with Gasteiger partial charge < -0.3 is 4.42 Å². The summed E-state index contributed by atoms with van der Waals surface area (Å²) >= 11 is 0. The summed E-state index contributed by atoms with van der Waals surface area (Å²) in [5.74, 6) is 0. The summed E-state index contributed by atoms with van der Waals surface area (Å²) in [7, 11) is 0. The highest BCUT2D eigenvalue weighted by Crippen LogP contribution is 2.29. The lowest BCUT2D eigenvalue weighted by Gasteiger charge is -2.09. The third-order valence-electron chi connectivity index (χ3n) is 4.87. The Bertz CT molecular complexity index is 1140. The molecule has 3 heteroatoms. The number of rotatable bonds is 2. The van der Waals surface area contributed by atoms with Crippen molar-refractivity contribution < 1.29 is 4.42 Å². The van der Waals surface area contributed by atoms with E-state index in [0.29, 0.717) is 28.7 Å². The van der Waals surface area contributed by atoms with Gasteiger partial charge in [-0.2, -0.15) is 0 Å². The van der Waals surface area contributed by atoms with Crippen LogP contribution < -0.4 is 10.9 Å². The van der Waals surface area contributed by atoms with Crippen molar-refractivity contribution >= 4 is 34.1 Å². The molecule has 1 fully saturated rings. The van der Waals surface area contributed by atoms with Crippen molar-refractivity contribution in [2.75, 3.05) is 0 Å². The fraction of sp³-hybridized carbons (Fsp3) is 0.0952. The van der Waals surface area contributed by atoms with Gasteiger partial charge in [0.05, 0.1) is 10.8 Å². The quantitative estimate of drug-likeness (QED) is 0.407. The van der Waals surface area contributed by atoms with Crippen LogP contribution in [0.25, 0.3) is 33.1 Å². The topological polar surface area (TPSA) is 30.2 Å². The maximum absolute atomic E-state index is 12.7. The van der Waals surface area contributed by atoms with Crippen LogP contribution in [-0.4, -0.2) is 6.71 Å². The zero-order valence-corrected chi connectivity index (χ0v) is 13.2. The van der Waals surface area contributed by atoms with Crippen molar-refractivity contribution in [1.82, 2.24) is 0 Å². The highest BCUT2D eigenvalue weighted by atomic mass is 16.3. The molecule has 5 rings (SSSR count). The Hall–Kier alpha value is -2.81. The third-order valence-corrected chi connectivity index (χ3v) is 4.87. The number of hydrogen-bond donors (Lipinski definition) is 0. The van der Waals surface area contributed by atoms with E-state index in [1.54, 1.807) is 0 Å². The molecule has 4 aromatic rings. The molecule has 2 heterocycles. The SMILES string of the molecule is O=c1c2ccccc2oc2cc(-c3ccccc3B3CC3)ccc12. The van der Waals surface area contributed by atoms with Crippen LogP contribution in [0.1, 0.15) is 0 Å². The minimum atomic E-state index is 0.0360. The highest BCUT2D eigenvalue weighted by molar-refractivity contribution is 6.83. The molecule has 0 N–H and O–H groups in total. The van der Waals surface area contributed by atoms with E-state index in [9.17, 15) is 4.79 Å². The maximum atomic E-state index is 12.7. The monoisotopic (exact) mass is 310 g/mol. The molecule has 0 radical (unpaired) electrons. The van der Waals surface area contributed by atoms with Crippen molar-refractivity contribution in [1.29, 1.82) is 0 Å². The second-order valence-corrected chi connectivity index (χ2v) is 6.50. The van der Waals surface area contributed by atoms with E-state index in [2.05, 4.69) is 24.3 Å². The van der Waals surface area contributed by atoms with E-state index < -0.39 is 0 Å². The molecule has 1 saturated heterocycles. The van der Waals surface area contributed by atoms with Gasteiger partial charge in [-0.25, -0.2) is 0 Å². The summed E-state index contributed by atoms with van der Waals surface area (Å²) in [5, 5.41) is 1.28. The van der Waals surface area contributed by atoms with Gasteiger partial charge in [0, 0.05) is 0 Å². The van der Waals surface area contributed by atoms with Crippen molar-refractivity contribution in [3.8, 4) is 11.1 Å². The van der Waals surface area contributed by atoms with Crippen molar-refractivity contribution in [3.63, 3.8) is 0 Å². The van der Waals surface area contributed by atoms with Crippen molar-refractivity contribution in [3.05, 3.63) is 77.0 Å². The highest BCUT2D eigenvalue weighted by Gasteiger charge is 2.30. The number of para-hydroxylation sites is 1. The minimum absolute atomic E-state index is 0.0360. The first-order valence-corrected chi connectivity index (χ1v) is 8.36. The fourth-order valence-corrected chi connectivity index (χ4v) is 3.48. The van der Waals surface area contributed by atoms with E-state index in [1.165, 1.54) is 23.7 Å². The Labute approximate surface area is 139 Å². The molecular weight excluding hydrogens is 295 g/mol. The summed E-state index contributed by atoms with van der Waals surface area (Å²) < 4.78 is 6.01. The van der Waals surface area contributed by atoms with Crippen molar-refractivity contribution in [2.24, 2.45) is 0 Å². The Kier molecular flexibility index (Phi) is 2.89. The van der Waals surface area contributed by atoms with Crippen molar-refractivity contribution in [2.45, 2.75) is 12.6 Å². The van der Waals surface area contributed by atoms with Crippen LogP contribution in [0.5, 0.6) is 0 Å². The molecule has 0 unspecified atom stereocenters. The molecule has 3 aromatic carbocycles. The summed E-state index contributed by atoms with van der Waals surface area (Å²) in [6.07, 6.45) is 2.54. The van der Waals surface area contributed by atoms with Gasteiger partial charge in [0.1, 0.15) is 11.2 Å². The predicted molar refractivity (Wildman–Crippen MR) is 100 cm³/mol. The molecule has 2 nitrogen and oxygen atoms in total. The zero-order chi connectivity index (χ0) is 16.1. The smallest absolute Gasteiger partial charge is 0.200 e. The van der Waals surface area contributed by atoms with E-state index in [-0.39, 0.29) is 5.43 Å². The average Bonchev–Trinajstić information content (AvgIpc) is 3.47. The lowest BCUT2D eigenvalue weighted by molar-refractivity contribution is 0.660. The molecular formula is C21H15BO2. The number of benzene rings is 3. The largest absolute Gasteiger partial charge is 0.456 e. The van der Waals surface area contributed by atoms with Crippen LogP contribution in [-0.2, 0) is 0 Å². The number of fused-ring (bicyclic) bond motifs is 2. The van der Waals surface area contributed by atoms with E-state index >= 15 is 0 Å². The standard InChI is InChI=1S/C21H15BO2/c23-21-16-6-2-4-8-19(16)24-20-13-14(9-10-17(20)21)15-5-1-3-7-18(15)22-11-12-22/h1-10,13H,11-12H2. The summed E-state index contributed by atoms with van der Waals surface area (Å²) in [6.45, 7) is 0.681. The van der Waals surface area contributed by atoms with E-state index in [0.717, 1.165) is 5.56 Å². The minimum Gasteiger partial charge on any atom is -0.456 e. The van der Waals surface area contributed by atoms with Gasteiger partial charge in [0.15, 0.2) is 6.71 Å². The van der Waals surface area contributed by atoms with Crippen LogP contribution in [0.4, 0.5) is 0 Å². The molecule has 0 saturated carbocycles. The molecule has 24 heavy (non-hydrogen) atoms. The molecule has 114 valence electrons. The van der Waals surface area contributed by atoms with E-state index in [1.807, 2.05) is 42.5 Å². The second-order valence-electron chi connectivity index (χ2n) is 6.50. The van der Waals surface area contributed by atoms with Crippen LogP contribution in [0.3, 0.4) is 0 Å². The maximum Gasteiger partial charge on any atom is 0.200 e. The van der Waals surface area contributed by atoms with Gasteiger partial charge in [0.2, 0.25) is 5.43 Å². The Morgan fingerprint density at radius 1 is 0.792 bits per heavy atom. The lowest BCUT2D eigenvalue weighted by atomic mass is 9.61. The Morgan fingerprint density at radius 2 is 1.54 bits per heavy atom. The first-order chi connectivity index (χ1) is 11.8. The first kappa shape index (κ1) is 13.6. The molecule has 0 bridgehead atoms.